The van der Waals surface area contributed by atoms with E-state index in [1.54, 1.807) is 6.20 Å². The number of benzene rings is 1. The van der Waals surface area contributed by atoms with E-state index in [2.05, 4.69) is 31.8 Å². The highest BCUT2D eigenvalue weighted by Crippen LogP contribution is 2.20. The Morgan fingerprint density at radius 2 is 1.88 bits per heavy atom. The number of hydrogen-bond donors (Lipinski definition) is 3. The van der Waals surface area contributed by atoms with Gasteiger partial charge in [0.2, 0.25) is 0 Å². The van der Waals surface area contributed by atoms with Crippen LogP contribution >= 0.6 is 15.9 Å². The summed E-state index contributed by atoms with van der Waals surface area (Å²) in [5, 5.41) is 0. The van der Waals surface area contributed by atoms with Crippen molar-refractivity contribution >= 4 is 33.0 Å². The number of aromatic nitrogens is 1. The fourth-order valence-electron chi connectivity index (χ4n) is 1.21. The van der Waals surface area contributed by atoms with Gasteiger partial charge in [-0.05, 0) is 34.1 Å². The third-order valence-corrected chi connectivity index (χ3v) is 2.45. The molecule has 0 saturated carbocycles. The van der Waals surface area contributed by atoms with Crippen LogP contribution in [0.2, 0.25) is 0 Å². The van der Waals surface area contributed by atoms with E-state index in [0.29, 0.717) is 5.69 Å². The Morgan fingerprint density at radius 1 is 1.12 bits per heavy atom. The topological polar surface area (TPSA) is 63.0 Å². The fraction of sp³-hybridized carbons (Fsp3) is 0. The van der Waals surface area contributed by atoms with Crippen LogP contribution in [0.25, 0.3) is 0 Å². The van der Waals surface area contributed by atoms with Crippen molar-refractivity contribution in [2.45, 2.75) is 0 Å². The van der Waals surface area contributed by atoms with Crippen molar-refractivity contribution in [2.24, 2.45) is 0 Å². The zero-order valence-electron chi connectivity index (χ0n) is 8.44. The molecule has 2 rings (SSSR count). The predicted molar refractivity (Wildman–Crippen MR) is 70.0 cm³/mol. The molecular formula is C11H11BrN4. The zero-order valence-corrected chi connectivity index (χ0v) is 10.0. The second-order valence-electron chi connectivity index (χ2n) is 3.21. The van der Waals surface area contributed by atoms with E-state index in [4.69, 9.17) is 5.73 Å². The Bertz CT molecular complexity index is 473. The maximum Gasteiger partial charge on any atom is 0.108 e. The SMILES string of the molecule is Nc1cnc(Br)cc1NNc1ccccc1. The highest BCUT2D eigenvalue weighted by molar-refractivity contribution is 9.10. The Balaban J connectivity index is 2.08. The van der Waals surface area contributed by atoms with E-state index in [-0.39, 0.29) is 0 Å². The molecule has 0 saturated heterocycles. The first kappa shape index (κ1) is 10.8. The molecule has 2 aromatic rings. The normalized spacial score (nSPS) is 9.81. The third-order valence-electron chi connectivity index (χ3n) is 2.02. The Labute approximate surface area is 102 Å². The summed E-state index contributed by atoms with van der Waals surface area (Å²) in [5.74, 6) is 0. The third kappa shape index (κ3) is 2.64. The lowest BCUT2D eigenvalue weighted by Gasteiger charge is -2.11. The monoisotopic (exact) mass is 278 g/mol. The van der Waals surface area contributed by atoms with Crippen molar-refractivity contribution < 1.29 is 0 Å². The minimum absolute atomic E-state index is 0.589. The number of rotatable bonds is 3. The fourth-order valence-corrected chi connectivity index (χ4v) is 1.54. The maximum absolute atomic E-state index is 5.77. The van der Waals surface area contributed by atoms with Gasteiger partial charge in [-0.2, -0.15) is 0 Å². The predicted octanol–water partition coefficient (Wildman–Crippen LogP) is 2.87. The molecule has 0 radical (unpaired) electrons. The second-order valence-corrected chi connectivity index (χ2v) is 4.02. The van der Waals surface area contributed by atoms with Crippen molar-refractivity contribution in [2.75, 3.05) is 16.6 Å². The number of pyridine rings is 1. The number of nitrogens with one attached hydrogen (secondary N) is 2. The zero-order chi connectivity index (χ0) is 11.4. The Morgan fingerprint density at radius 3 is 2.62 bits per heavy atom. The molecule has 0 bridgehead atoms. The number of nitrogens with two attached hydrogens (primary N) is 1. The summed E-state index contributed by atoms with van der Waals surface area (Å²) < 4.78 is 0.735. The molecule has 0 aliphatic rings. The van der Waals surface area contributed by atoms with Gasteiger partial charge in [0.15, 0.2) is 0 Å². The van der Waals surface area contributed by atoms with Crippen LogP contribution in [0.1, 0.15) is 0 Å². The molecule has 0 aliphatic heterocycles. The van der Waals surface area contributed by atoms with Gasteiger partial charge in [0.25, 0.3) is 0 Å². The van der Waals surface area contributed by atoms with Crippen LogP contribution < -0.4 is 16.6 Å². The molecule has 0 aliphatic carbocycles. The summed E-state index contributed by atoms with van der Waals surface area (Å²) in [4.78, 5) is 4.02. The summed E-state index contributed by atoms with van der Waals surface area (Å²) in [6, 6.07) is 11.6. The van der Waals surface area contributed by atoms with Crippen LogP contribution in [0.4, 0.5) is 17.1 Å². The van der Waals surface area contributed by atoms with E-state index in [9.17, 15) is 0 Å². The lowest BCUT2D eigenvalue weighted by atomic mass is 10.3. The van der Waals surface area contributed by atoms with Crippen LogP contribution in [-0.2, 0) is 0 Å². The first-order valence-electron chi connectivity index (χ1n) is 4.74. The molecule has 0 spiro atoms. The lowest BCUT2D eigenvalue weighted by molar-refractivity contribution is 1.27. The summed E-state index contributed by atoms with van der Waals surface area (Å²) in [7, 11) is 0. The second kappa shape index (κ2) is 4.85. The van der Waals surface area contributed by atoms with E-state index in [1.807, 2.05) is 36.4 Å². The number of hydrazine groups is 1. The van der Waals surface area contributed by atoms with Gasteiger partial charge in [-0.3, -0.25) is 5.43 Å². The molecule has 16 heavy (non-hydrogen) atoms. The smallest absolute Gasteiger partial charge is 0.108 e. The molecule has 0 atom stereocenters. The minimum atomic E-state index is 0.589. The van der Waals surface area contributed by atoms with Crippen LogP contribution in [0, 0.1) is 0 Å². The lowest BCUT2D eigenvalue weighted by Crippen LogP contribution is -2.10. The quantitative estimate of drug-likeness (QED) is 0.597. The molecule has 0 fully saturated rings. The molecule has 1 aromatic heterocycles. The van der Waals surface area contributed by atoms with Gasteiger partial charge >= 0.3 is 0 Å². The summed E-state index contributed by atoms with van der Waals surface area (Å²) in [5.41, 5.74) is 14.2. The van der Waals surface area contributed by atoms with Gasteiger partial charge < -0.3 is 11.2 Å². The Hall–Kier alpha value is -1.75. The average molecular weight is 279 g/mol. The standard InChI is InChI=1S/C11H11BrN4/c12-11-6-10(9(13)7-14-11)16-15-8-4-2-1-3-5-8/h1-7,15H,13H2,(H,14,16). The molecule has 5 heteroatoms. The van der Waals surface area contributed by atoms with E-state index >= 15 is 0 Å². The van der Waals surface area contributed by atoms with Crippen LogP contribution in [0.15, 0.2) is 47.2 Å². The molecule has 4 nitrogen and oxygen atoms in total. The van der Waals surface area contributed by atoms with Gasteiger partial charge in [-0.25, -0.2) is 4.98 Å². The van der Waals surface area contributed by atoms with Gasteiger partial charge in [0.1, 0.15) is 4.60 Å². The van der Waals surface area contributed by atoms with Crippen molar-refractivity contribution in [3.8, 4) is 0 Å². The molecule has 1 aromatic carbocycles. The minimum Gasteiger partial charge on any atom is -0.396 e. The van der Waals surface area contributed by atoms with Gasteiger partial charge in [-0.1, -0.05) is 18.2 Å². The summed E-state index contributed by atoms with van der Waals surface area (Å²) in [6.45, 7) is 0. The van der Waals surface area contributed by atoms with Crippen LogP contribution in [0.5, 0.6) is 0 Å². The van der Waals surface area contributed by atoms with E-state index in [0.717, 1.165) is 16.0 Å². The van der Waals surface area contributed by atoms with Crippen molar-refractivity contribution in [3.05, 3.63) is 47.2 Å². The van der Waals surface area contributed by atoms with Crippen LogP contribution in [0.3, 0.4) is 0 Å². The largest absolute Gasteiger partial charge is 0.396 e. The number of para-hydroxylation sites is 1. The van der Waals surface area contributed by atoms with Crippen LogP contribution in [-0.4, -0.2) is 4.98 Å². The van der Waals surface area contributed by atoms with Crippen molar-refractivity contribution in [1.29, 1.82) is 0 Å². The first-order valence-corrected chi connectivity index (χ1v) is 5.53. The van der Waals surface area contributed by atoms with Gasteiger partial charge in [-0.15, -0.1) is 0 Å². The number of halogens is 1. The highest BCUT2D eigenvalue weighted by Gasteiger charge is 1.99. The first-order chi connectivity index (χ1) is 7.75. The number of anilines is 3. The molecule has 0 unspecified atom stereocenters. The average Bonchev–Trinajstić information content (AvgIpc) is 2.32. The van der Waals surface area contributed by atoms with E-state index in [1.165, 1.54) is 0 Å². The summed E-state index contributed by atoms with van der Waals surface area (Å²) in [6.07, 6.45) is 1.60. The number of nitrogens with zero attached hydrogens (tertiary/aromatic N) is 1. The highest BCUT2D eigenvalue weighted by atomic mass is 79.9. The molecule has 82 valence electrons. The molecule has 4 N–H and O–H groups in total. The van der Waals surface area contributed by atoms with Crippen molar-refractivity contribution in [1.82, 2.24) is 4.98 Å². The van der Waals surface area contributed by atoms with Gasteiger partial charge in [0, 0.05) is 0 Å². The van der Waals surface area contributed by atoms with Crippen molar-refractivity contribution in [3.63, 3.8) is 0 Å². The Kier molecular flexibility index (Phi) is 3.26. The molecule has 0 amide bonds. The van der Waals surface area contributed by atoms with E-state index < -0.39 is 0 Å². The molecule has 1 heterocycles. The maximum atomic E-state index is 5.77. The summed E-state index contributed by atoms with van der Waals surface area (Å²) >= 11 is 3.29. The number of nitrogen functional groups attached to an aromatic ring is 1. The number of hydrogen-bond acceptors (Lipinski definition) is 4. The van der Waals surface area contributed by atoms with Gasteiger partial charge in [0.05, 0.1) is 23.3 Å². The molecular weight excluding hydrogens is 268 g/mol.